The number of aromatic nitrogens is 1. The molecule has 10 nitrogen and oxygen atoms in total. The zero-order valence-corrected chi connectivity index (χ0v) is 24.6. The topological polar surface area (TPSA) is 115 Å². The molecular weight excluding hydrogens is 569 g/mol. The van der Waals surface area contributed by atoms with Crippen LogP contribution < -0.4 is 11.1 Å². The number of nitrogens with two attached hydrogens (primary N) is 1. The molecule has 0 spiro atoms. The fourth-order valence-electron chi connectivity index (χ4n) is 5.88. The van der Waals surface area contributed by atoms with E-state index in [9.17, 15) is 18.8 Å². The average Bonchev–Trinajstić information content (AvgIpc) is 3.52. The molecule has 222 valence electrons. The van der Waals surface area contributed by atoms with Gasteiger partial charge in [0, 0.05) is 19.1 Å². The Morgan fingerprint density at radius 3 is 2.56 bits per heavy atom. The number of nitrogen functional groups attached to an aromatic ring is 1. The standard InChI is InChI=1S/C31H32FN7O3S/c1-19(2)39(31(42)34-15-20-11-13-23(32)14-12-20)37-18-26(40)38-25(37)17-36(29(41)28(38)21-7-4-3-5-8-21)16-22-9-6-10-24-27(22)35-30(33)43-24/h3-14,19,25,28H,15-18H2,1-2H3,(H2,33,35)(H,34,42)/t25-,28+/m1/s1. The van der Waals surface area contributed by atoms with E-state index in [0.29, 0.717) is 10.7 Å². The third kappa shape index (κ3) is 5.51. The van der Waals surface area contributed by atoms with Gasteiger partial charge in [0.05, 0.1) is 23.3 Å². The molecule has 6 rings (SSSR count). The number of para-hydroxylation sites is 1. The summed E-state index contributed by atoms with van der Waals surface area (Å²) in [5.41, 5.74) is 9.04. The summed E-state index contributed by atoms with van der Waals surface area (Å²) in [6.45, 7) is 4.34. The summed E-state index contributed by atoms with van der Waals surface area (Å²) < 4.78 is 14.3. The van der Waals surface area contributed by atoms with Crippen LogP contribution in [-0.4, -0.2) is 67.9 Å². The number of nitrogens with zero attached hydrogens (tertiary/aromatic N) is 5. The summed E-state index contributed by atoms with van der Waals surface area (Å²) in [5.74, 6) is -0.790. The molecule has 2 saturated heterocycles. The number of hydrazine groups is 1. The third-order valence-corrected chi connectivity index (χ3v) is 8.63. The first-order valence-electron chi connectivity index (χ1n) is 14.1. The Hall–Kier alpha value is -4.55. The maximum atomic E-state index is 14.1. The number of urea groups is 1. The van der Waals surface area contributed by atoms with Crippen LogP contribution in [0.3, 0.4) is 0 Å². The van der Waals surface area contributed by atoms with Gasteiger partial charge in [0.2, 0.25) is 5.91 Å². The minimum atomic E-state index is -0.853. The first kappa shape index (κ1) is 28.6. The minimum Gasteiger partial charge on any atom is -0.375 e. The van der Waals surface area contributed by atoms with Crippen LogP contribution in [0.2, 0.25) is 0 Å². The number of anilines is 1. The number of carbonyl (C=O) groups excluding carboxylic acids is 3. The zero-order chi connectivity index (χ0) is 30.2. The van der Waals surface area contributed by atoms with Crippen molar-refractivity contribution in [3.63, 3.8) is 0 Å². The molecule has 12 heteroatoms. The smallest absolute Gasteiger partial charge is 0.332 e. The molecule has 0 unspecified atom stereocenters. The maximum absolute atomic E-state index is 14.1. The Labute approximate surface area is 252 Å². The number of carbonyl (C=O) groups is 3. The van der Waals surface area contributed by atoms with Crippen LogP contribution in [-0.2, 0) is 22.7 Å². The van der Waals surface area contributed by atoms with Gasteiger partial charge in [-0.1, -0.05) is 65.9 Å². The average molecular weight is 602 g/mol. The van der Waals surface area contributed by atoms with Crippen molar-refractivity contribution >= 4 is 44.5 Å². The summed E-state index contributed by atoms with van der Waals surface area (Å²) in [6.07, 6.45) is -0.589. The summed E-state index contributed by atoms with van der Waals surface area (Å²) in [4.78, 5) is 49.2. The molecule has 2 atom stereocenters. The minimum absolute atomic E-state index is 0.0600. The van der Waals surface area contributed by atoms with E-state index in [1.54, 1.807) is 32.0 Å². The molecule has 1 aromatic heterocycles. The highest BCUT2D eigenvalue weighted by Gasteiger charge is 2.53. The Balaban J connectivity index is 1.33. The number of nitrogens with one attached hydrogen (secondary N) is 1. The van der Waals surface area contributed by atoms with Gasteiger partial charge in [-0.3, -0.25) is 14.6 Å². The SMILES string of the molecule is CC(C)N(C(=O)NCc1ccc(F)cc1)N1CC(=O)N2[C@@H](c3ccccc3)C(=O)N(Cc3cccc4sc(N)nc34)C[C@@H]21. The summed E-state index contributed by atoms with van der Waals surface area (Å²) in [5, 5.41) is 6.66. The van der Waals surface area contributed by atoms with Gasteiger partial charge < -0.3 is 20.9 Å². The molecule has 4 amide bonds. The second-order valence-corrected chi connectivity index (χ2v) is 12.0. The van der Waals surface area contributed by atoms with Crippen LogP contribution >= 0.6 is 11.3 Å². The largest absolute Gasteiger partial charge is 0.375 e. The van der Waals surface area contributed by atoms with Crippen molar-refractivity contribution in [1.82, 2.24) is 30.1 Å². The first-order valence-corrected chi connectivity index (χ1v) is 14.9. The van der Waals surface area contributed by atoms with Crippen LogP contribution in [0.25, 0.3) is 10.2 Å². The number of benzene rings is 3. The monoisotopic (exact) mass is 601 g/mol. The molecule has 43 heavy (non-hydrogen) atoms. The highest BCUT2D eigenvalue weighted by Crippen LogP contribution is 2.37. The molecule has 3 aromatic carbocycles. The summed E-state index contributed by atoms with van der Waals surface area (Å²) >= 11 is 1.39. The normalized spacial score (nSPS) is 18.9. The van der Waals surface area contributed by atoms with Crippen molar-refractivity contribution in [1.29, 1.82) is 0 Å². The second-order valence-electron chi connectivity index (χ2n) is 11.0. The van der Waals surface area contributed by atoms with E-state index < -0.39 is 18.2 Å². The highest BCUT2D eigenvalue weighted by atomic mass is 32.1. The lowest BCUT2D eigenvalue weighted by atomic mass is 10.00. The molecule has 0 bridgehead atoms. The van der Waals surface area contributed by atoms with Crippen molar-refractivity contribution in [3.8, 4) is 0 Å². The van der Waals surface area contributed by atoms with Gasteiger partial charge >= 0.3 is 6.03 Å². The molecule has 0 aliphatic carbocycles. The Bertz CT molecular complexity index is 1660. The zero-order valence-electron chi connectivity index (χ0n) is 23.8. The second kappa shape index (κ2) is 11.6. The third-order valence-electron chi connectivity index (χ3n) is 7.78. The van der Waals surface area contributed by atoms with Gasteiger partial charge in [0.1, 0.15) is 18.0 Å². The number of amides is 4. The lowest BCUT2D eigenvalue weighted by Gasteiger charge is -2.47. The predicted octanol–water partition coefficient (Wildman–Crippen LogP) is 4.11. The molecule has 2 fully saturated rings. The molecule has 2 aliphatic rings. The Morgan fingerprint density at radius 2 is 1.84 bits per heavy atom. The Kier molecular flexibility index (Phi) is 7.72. The fraction of sp³-hybridized carbons (Fsp3) is 0.290. The van der Waals surface area contributed by atoms with Gasteiger partial charge in [-0.05, 0) is 48.7 Å². The number of fused-ring (bicyclic) bond motifs is 2. The van der Waals surface area contributed by atoms with Gasteiger partial charge in [-0.2, -0.15) is 5.01 Å². The fourth-order valence-corrected chi connectivity index (χ4v) is 6.66. The predicted molar refractivity (Wildman–Crippen MR) is 162 cm³/mol. The number of hydrogen-bond acceptors (Lipinski definition) is 7. The van der Waals surface area contributed by atoms with Crippen molar-refractivity contribution in [2.45, 2.75) is 45.2 Å². The molecule has 3 heterocycles. The number of rotatable bonds is 7. The van der Waals surface area contributed by atoms with E-state index in [4.69, 9.17) is 5.73 Å². The van der Waals surface area contributed by atoms with E-state index in [1.165, 1.54) is 23.5 Å². The summed E-state index contributed by atoms with van der Waals surface area (Å²) in [6, 6.07) is 19.4. The van der Waals surface area contributed by atoms with E-state index in [1.807, 2.05) is 62.4 Å². The van der Waals surface area contributed by atoms with E-state index in [2.05, 4.69) is 10.3 Å². The van der Waals surface area contributed by atoms with Crippen molar-refractivity contribution in [2.24, 2.45) is 0 Å². The maximum Gasteiger partial charge on any atom is 0.332 e. The highest BCUT2D eigenvalue weighted by molar-refractivity contribution is 7.22. The Morgan fingerprint density at radius 1 is 1.09 bits per heavy atom. The number of halogens is 1. The van der Waals surface area contributed by atoms with E-state index in [0.717, 1.165) is 21.3 Å². The van der Waals surface area contributed by atoms with Crippen molar-refractivity contribution in [2.75, 3.05) is 18.8 Å². The van der Waals surface area contributed by atoms with Crippen LogP contribution in [0.5, 0.6) is 0 Å². The molecular formula is C31H32FN7O3S. The van der Waals surface area contributed by atoms with E-state index >= 15 is 0 Å². The lowest BCUT2D eigenvalue weighted by Crippen LogP contribution is -2.63. The summed E-state index contributed by atoms with van der Waals surface area (Å²) in [7, 11) is 0. The van der Waals surface area contributed by atoms with Gasteiger partial charge in [0.25, 0.3) is 5.91 Å². The van der Waals surface area contributed by atoms with Gasteiger partial charge in [-0.15, -0.1) is 0 Å². The van der Waals surface area contributed by atoms with E-state index in [-0.39, 0.29) is 49.9 Å². The van der Waals surface area contributed by atoms with Crippen molar-refractivity contribution < 1.29 is 18.8 Å². The van der Waals surface area contributed by atoms with Crippen LogP contribution in [0, 0.1) is 5.82 Å². The number of thiazole rings is 1. The van der Waals surface area contributed by atoms with Gasteiger partial charge in [0.15, 0.2) is 5.13 Å². The quantitative estimate of drug-likeness (QED) is 0.330. The molecule has 0 radical (unpaired) electrons. The van der Waals surface area contributed by atoms with Crippen molar-refractivity contribution in [3.05, 3.63) is 95.3 Å². The molecule has 2 aliphatic heterocycles. The molecule has 0 saturated carbocycles. The number of piperazine rings is 1. The van der Waals surface area contributed by atoms with Crippen LogP contribution in [0.15, 0.2) is 72.8 Å². The molecule has 4 aromatic rings. The first-order chi connectivity index (χ1) is 20.7. The number of hydrogen-bond donors (Lipinski definition) is 2. The van der Waals surface area contributed by atoms with Crippen LogP contribution in [0.4, 0.5) is 14.3 Å². The van der Waals surface area contributed by atoms with Gasteiger partial charge in [-0.25, -0.2) is 14.2 Å². The molecule has 3 N–H and O–H groups in total. The van der Waals surface area contributed by atoms with Crippen LogP contribution in [0.1, 0.15) is 36.6 Å². The lowest BCUT2D eigenvalue weighted by molar-refractivity contribution is -0.159.